The maximum Gasteiger partial charge on any atom is 0.251 e. The fourth-order valence-electron chi connectivity index (χ4n) is 1.93. The minimum Gasteiger partial charge on any atom is -0.388 e. The van der Waals surface area contributed by atoms with Crippen molar-refractivity contribution in [2.75, 3.05) is 12.4 Å². The van der Waals surface area contributed by atoms with Crippen LogP contribution in [0.15, 0.2) is 30.6 Å². The van der Waals surface area contributed by atoms with Crippen molar-refractivity contribution < 1.29 is 4.79 Å². The largest absolute Gasteiger partial charge is 0.388 e. The van der Waals surface area contributed by atoms with Crippen LogP contribution in [0.4, 0.5) is 5.69 Å². The van der Waals surface area contributed by atoms with Crippen molar-refractivity contribution >= 4 is 11.6 Å². The van der Waals surface area contributed by atoms with Gasteiger partial charge in [0.05, 0.1) is 6.20 Å². The van der Waals surface area contributed by atoms with Crippen LogP contribution in [0.2, 0.25) is 0 Å². The van der Waals surface area contributed by atoms with Gasteiger partial charge in [0, 0.05) is 43.7 Å². The van der Waals surface area contributed by atoms with Gasteiger partial charge < -0.3 is 10.6 Å². The normalized spacial score (nSPS) is 10.3. The molecule has 0 saturated heterocycles. The molecule has 1 heterocycles. The SMILES string of the molecule is CNc1ccc(C(=O)NCc2cnn(C)c2)cc1C. The van der Waals surface area contributed by atoms with Gasteiger partial charge in [0.25, 0.3) is 5.91 Å². The number of carbonyl (C=O) groups excluding carboxylic acids is 1. The first-order valence-corrected chi connectivity index (χ1v) is 6.14. The lowest BCUT2D eigenvalue weighted by molar-refractivity contribution is 0.0951. The number of aryl methyl sites for hydroxylation is 2. The Kier molecular flexibility index (Phi) is 3.85. The molecule has 0 radical (unpaired) electrons. The molecule has 0 aliphatic carbocycles. The molecule has 1 amide bonds. The summed E-state index contributed by atoms with van der Waals surface area (Å²) in [4.78, 5) is 12.0. The van der Waals surface area contributed by atoms with E-state index in [1.807, 2.05) is 45.4 Å². The monoisotopic (exact) mass is 258 g/mol. The molecule has 0 aliphatic heterocycles. The molecule has 2 aromatic rings. The van der Waals surface area contributed by atoms with Gasteiger partial charge in [-0.05, 0) is 30.7 Å². The van der Waals surface area contributed by atoms with Crippen LogP contribution < -0.4 is 10.6 Å². The number of amides is 1. The lowest BCUT2D eigenvalue weighted by Crippen LogP contribution is -2.22. The van der Waals surface area contributed by atoms with E-state index in [1.165, 1.54) is 0 Å². The minimum absolute atomic E-state index is 0.0744. The number of carbonyl (C=O) groups is 1. The van der Waals surface area contributed by atoms with Gasteiger partial charge in [-0.15, -0.1) is 0 Å². The summed E-state index contributed by atoms with van der Waals surface area (Å²) < 4.78 is 1.72. The first-order chi connectivity index (χ1) is 9.10. The van der Waals surface area contributed by atoms with Crippen LogP contribution >= 0.6 is 0 Å². The van der Waals surface area contributed by atoms with Gasteiger partial charge in [-0.25, -0.2) is 0 Å². The van der Waals surface area contributed by atoms with Gasteiger partial charge in [0.1, 0.15) is 0 Å². The second-order valence-corrected chi connectivity index (χ2v) is 4.48. The lowest BCUT2D eigenvalue weighted by Gasteiger charge is -2.08. The zero-order valence-corrected chi connectivity index (χ0v) is 11.4. The second kappa shape index (κ2) is 5.56. The third-order valence-corrected chi connectivity index (χ3v) is 2.97. The summed E-state index contributed by atoms with van der Waals surface area (Å²) in [6, 6.07) is 5.61. The fraction of sp³-hybridized carbons (Fsp3) is 0.286. The summed E-state index contributed by atoms with van der Waals surface area (Å²) in [6.07, 6.45) is 3.63. The van der Waals surface area contributed by atoms with Gasteiger partial charge in [-0.1, -0.05) is 0 Å². The smallest absolute Gasteiger partial charge is 0.251 e. The Morgan fingerprint density at radius 1 is 1.42 bits per heavy atom. The van der Waals surface area contributed by atoms with Crippen molar-refractivity contribution in [1.29, 1.82) is 0 Å². The Bertz CT molecular complexity index is 589. The molecule has 0 spiro atoms. The molecule has 1 aromatic carbocycles. The van der Waals surface area contributed by atoms with Crippen LogP contribution in [0.5, 0.6) is 0 Å². The van der Waals surface area contributed by atoms with Gasteiger partial charge >= 0.3 is 0 Å². The molecule has 100 valence electrons. The predicted octanol–water partition coefficient (Wildman–Crippen LogP) is 1.70. The van der Waals surface area contributed by atoms with Crippen molar-refractivity contribution in [3.8, 4) is 0 Å². The highest BCUT2D eigenvalue weighted by molar-refractivity contribution is 5.94. The van der Waals surface area contributed by atoms with Crippen molar-refractivity contribution in [3.63, 3.8) is 0 Å². The number of aromatic nitrogens is 2. The van der Waals surface area contributed by atoms with E-state index >= 15 is 0 Å². The summed E-state index contributed by atoms with van der Waals surface area (Å²) in [7, 11) is 3.72. The second-order valence-electron chi connectivity index (χ2n) is 4.48. The Labute approximate surface area is 112 Å². The molecule has 1 aromatic heterocycles. The fourth-order valence-corrected chi connectivity index (χ4v) is 1.93. The number of benzene rings is 1. The van der Waals surface area contributed by atoms with Crippen molar-refractivity contribution in [2.45, 2.75) is 13.5 Å². The van der Waals surface area contributed by atoms with Gasteiger partial charge in [0.2, 0.25) is 0 Å². The first kappa shape index (κ1) is 13.1. The molecule has 2 rings (SSSR count). The molecule has 0 aliphatic rings. The average molecular weight is 258 g/mol. The molecule has 0 saturated carbocycles. The molecule has 2 N–H and O–H groups in total. The highest BCUT2D eigenvalue weighted by Gasteiger charge is 2.07. The average Bonchev–Trinajstić information content (AvgIpc) is 2.81. The molecule has 0 fully saturated rings. The van der Waals surface area contributed by atoms with E-state index in [9.17, 15) is 4.79 Å². The molecule has 5 heteroatoms. The Balaban J connectivity index is 2.01. The van der Waals surface area contributed by atoms with Gasteiger partial charge in [0.15, 0.2) is 0 Å². The highest BCUT2D eigenvalue weighted by Crippen LogP contribution is 2.15. The predicted molar refractivity (Wildman–Crippen MR) is 75.1 cm³/mol. The maximum absolute atomic E-state index is 12.0. The highest BCUT2D eigenvalue weighted by atomic mass is 16.1. The van der Waals surface area contributed by atoms with E-state index < -0.39 is 0 Å². The van der Waals surface area contributed by atoms with E-state index in [1.54, 1.807) is 10.9 Å². The van der Waals surface area contributed by atoms with Crippen LogP contribution in [0, 0.1) is 6.92 Å². The van der Waals surface area contributed by atoms with Crippen molar-refractivity contribution in [2.24, 2.45) is 7.05 Å². The van der Waals surface area contributed by atoms with Crippen molar-refractivity contribution in [3.05, 3.63) is 47.3 Å². The number of rotatable bonds is 4. The number of anilines is 1. The zero-order valence-electron chi connectivity index (χ0n) is 11.4. The number of hydrogen-bond acceptors (Lipinski definition) is 3. The molecular weight excluding hydrogens is 240 g/mol. The summed E-state index contributed by atoms with van der Waals surface area (Å²) in [5, 5.41) is 10.0. The van der Waals surface area contributed by atoms with E-state index in [0.717, 1.165) is 16.8 Å². The summed E-state index contributed by atoms with van der Waals surface area (Å²) in [6.45, 7) is 2.46. The molecule has 0 bridgehead atoms. The quantitative estimate of drug-likeness (QED) is 0.877. The Morgan fingerprint density at radius 3 is 2.79 bits per heavy atom. The van der Waals surface area contributed by atoms with Gasteiger partial charge in [-0.2, -0.15) is 5.10 Å². The number of nitrogens with zero attached hydrogens (tertiary/aromatic N) is 2. The first-order valence-electron chi connectivity index (χ1n) is 6.14. The van der Waals surface area contributed by atoms with E-state index in [2.05, 4.69) is 15.7 Å². The Hall–Kier alpha value is -2.30. The third kappa shape index (κ3) is 3.13. The molecule has 5 nitrogen and oxygen atoms in total. The van der Waals surface area contributed by atoms with Gasteiger partial charge in [-0.3, -0.25) is 9.48 Å². The maximum atomic E-state index is 12.0. The molecule has 0 atom stereocenters. The topological polar surface area (TPSA) is 59.0 Å². The van der Waals surface area contributed by atoms with E-state index in [4.69, 9.17) is 0 Å². The molecule has 0 unspecified atom stereocenters. The third-order valence-electron chi connectivity index (χ3n) is 2.97. The van der Waals surface area contributed by atoms with Crippen molar-refractivity contribution in [1.82, 2.24) is 15.1 Å². The van der Waals surface area contributed by atoms with E-state index in [0.29, 0.717) is 12.1 Å². The van der Waals surface area contributed by atoms with E-state index in [-0.39, 0.29) is 5.91 Å². The van der Waals surface area contributed by atoms with Crippen LogP contribution in [0.25, 0.3) is 0 Å². The Morgan fingerprint density at radius 2 is 2.21 bits per heavy atom. The standard InChI is InChI=1S/C14H18N4O/c1-10-6-12(4-5-13(10)15-2)14(19)16-7-11-8-17-18(3)9-11/h4-6,8-9,15H,7H2,1-3H3,(H,16,19). The summed E-state index contributed by atoms with van der Waals surface area (Å²) in [5.41, 5.74) is 3.74. The van der Waals surface area contributed by atoms with Crippen LogP contribution in [-0.2, 0) is 13.6 Å². The molecular formula is C14H18N4O. The zero-order chi connectivity index (χ0) is 13.8. The summed E-state index contributed by atoms with van der Waals surface area (Å²) >= 11 is 0. The minimum atomic E-state index is -0.0744. The van der Waals surface area contributed by atoms with Crippen LogP contribution in [0.3, 0.4) is 0 Å². The number of nitrogens with one attached hydrogen (secondary N) is 2. The molecule has 19 heavy (non-hydrogen) atoms. The number of hydrogen-bond donors (Lipinski definition) is 2. The van der Waals surface area contributed by atoms with Crippen LogP contribution in [0.1, 0.15) is 21.5 Å². The summed E-state index contributed by atoms with van der Waals surface area (Å²) in [5.74, 6) is -0.0744. The lowest BCUT2D eigenvalue weighted by atomic mass is 10.1. The van der Waals surface area contributed by atoms with Crippen LogP contribution in [-0.4, -0.2) is 22.7 Å².